The molecule has 0 amide bonds. The standard InChI is InChI=1S/C11H10BrN3S/c1-6-8-3-13-4-9(8)15-11(14-6)10-2-7(12)5-16-10/h2,5,13H,3-4H2,1H3. The Kier molecular flexibility index (Phi) is 2.53. The van der Waals surface area contributed by atoms with Crippen molar-refractivity contribution in [2.45, 2.75) is 20.0 Å². The normalized spacial score (nSPS) is 14.1. The van der Waals surface area contributed by atoms with Gasteiger partial charge in [0.15, 0.2) is 5.82 Å². The second-order valence-corrected chi connectivity index (χ2v) is 5.62. The Balaban J connectivity index is 2.12. The summed E-state index contributed by atoms with van der Waals surface area (Å²) in [6.07, 6.45) is 0. The van der Waals surface area contributed by atoms with Crippen LogP contribution < -0.4 is 5.32 Å². The van der Waals surface area contributed by atoms with E-state index in [1.165, 1.54) is 5.56 Å². The van der Waals surface area contributed by atoms with Gasteiger partial charge in [0.25, 0.3) is 0 Å². The third-order valence-electron chi connectivity index (χ3n) is 2.68. The maximum Gasteiger partial charge on any atom is 0.169 e. The molecule has 0 saturated carbocycles. The van der Waals surface area contributed by atoms with Gasteiger partial charge in [0, 0.05) is 34.2 Å². The van der Waals surface area contributed by atoms with Crippen LogP contribution in [0.5, 0.6) is 0 Å². The highest BCUT2D eigenvalue weighted by Crippen LogP contribution is 2.29. The second kappa shape index (κ2) is 3.91. The lowest BCUT2D eigenvalue weighted by atomic mass is 10.2. The van der Waals surface area contributed by atoms with Crippen LogP contribution in [0.15, 0.2) is 15.9 Å². The molecule has 1 aliphatic heterocycles. The van der Waals surface area contributed by atoms with Crippen molar-refractivity contribution in [2.75, 3.05) is 0 Å². The molecular weight excluding hydrogens is 286 g/mol. The molecule has 3 rings (SSSR count). The molecule has 3 heterocycles. The van der Waals surface area contributed by atoms with Crippen LogP contribution >= 0.6 is 27.3 Å². The van der Waals surface area contributed by atoms with Crippen LogP contribution in [-0.2, 0) is 13.1 Å². The van der Waals surface area contributed by atoms with E-state index in [0.717, 1.165) is 39.7 Å². The SMILES string of the molecule is Cc1nc(-c2cc(Br)cs2)nc2c1CNC2. The number of nitrogens with one attached hydrogen (secondary N) is 1. The minimum Gasteiger partial charge on any atom is -0.307 e. The zero-order chi connectivity index (χ0) is 11.1. The van der Waals surface area contributed by atoms with E-state index in [1.54, 1.807) is 11.3 Å². The van der Waals surface area contributed by atoms with E-state index >= 15 is 0 Å². The molecule has 0 radical (unpaired) electrons. The Morgan fingerprint density at radius 3 is 3.00 bits per heavy atom. The molecule has 0 fully saturated rings. The van der Waals surface area contributed by atoms with Gasteiger partial charge in [-0.1, -0.05) is 0 Å². The first-order valence-electron chi connectivity index (χ1n) is 5.05. The van der Waals surface area contributed by atoms with E-state index in [0.29, 0.717) is 0 Å². The number of aromatic nitrogens is 2. The third-order valence-corrected chi connectivity index (χ3v) is 4.37. The predicted octanol–water partition coefficient (Wildman–Crippen LogP) is 2.88. The molecule has 0 unspecified atom stereocenters. The number of hydrogen-bond acceptors (Lipinski definition) is 4. The van der Waals surface area contributed by atoms with Crippen molar-refractivity contribution in [2.24, 2.45) is 0 Å². The van der Waals surface area contributed by atoms with Gasteiger partial charge in [0.05, 0.1) is 10.6 Å². The molecule has 5 heteroatoms. The summed E-state index contributed by atoms with van der Waals surface area (Å²) in [7, 11) is 0. The number of hydrogen-bond donors (Lipinski definition) is 1. The van der Waals surface area contributed by atoms with Crippen LogP contribution in [0, 0.1) is 6.92 Å². The van der Waals surface area contributed by atoms with Crippen molar-refractivity contribution in [3.63, 3.8) is 0 Å². The van der Waals surface area contributed by atoms with Gasteiger partial charge in [-0.2, -0.15) is 0 Å². The molecular formula is C11H10BrN3S. The molecule has 0 spiro atoms. The van der Waals surface area contributed by atoms with Crippen molar-refractivity contribution in [3.05, 3.63) is 32.9 Å². The quantitative estimate of drug-likeness (QED) is 0.879. The number of nitrogens with zero attached hydrogens (tertiary/aromatic N) is 2. The number of fused-ring (bicyclic) bond motifs is 1. The summed E-state index contributed by atoms with van der Waals surface area (Å²) in [5.41, 5.74) is 3.50. The van der Waals surface area contributed by atoms with Crippen LogP contribution in [0.4, 0.5) is 0 Å². The van der Waals surface area contributed by atoms with Gasteiger partial charge in [0.1, 0.15) is 0 Å². The van der Waals surface area contributed by atoms with Crippen molar-refractivity contribution in [3.8, 4) is 10.7 Å². The van der Waals surface area contributed by atoms with Crippen LogP contribution in [0.3, 0.4) is 0 Å². The highest BCUT2D eigenvalue weighted by Gasteiger charge is 2.17. The molecule has 1 aliphatic rings. The fraction of sp³-hybridized carbons (Fsp3) is 0.273. The van der Waals surface area contributed by atoms with E-state index in [-0.39, 0.29) is 0 Å². The molecule has 16 heavy (non-hydrogen) atoms. The first kappa shape index (κ1) is 10.4. The Bertz CT molecular complexity index is 550. The smallest absolute Gasteiger partial charge is 0.169 e. The number of aryl methyl sites for hydroxylation is 1. The average Bonchev–Trinajstić information content (AvgIpc) is 2.85. The minimum atomic E-state index is 0.843. The van der Waals surface area contributed by atoms with Crippen molar-refractivity contribution >= 4 is 27.3 Å². The highest BCUT2D eigenvalue weighted by molar-refractivity contribution is 9.10. The topological polar surface area (TPSA) is 37.8 Å². The molecule has 82 valence electrons. The first-order chi connectivity index (χ1) is 7.74. The Labute approximate surface area is 106 Å². The van der Waals surface area contributed by atoms with E-state index in [1.807, 2.05) is 0 Å². The molecule has 1 N–H and O–H groups in total. The Morgan fingerprint density at radius 2 is 2.25 bits per heavy atom. The minimum absolute atomic E-state index is 0.843. The molecule has 0 atom stereocenters. The summed E-state index contributed by atoms with van der Waals surface area (Å²) in [4.78, 5) is 10.3. The average molecular weight is 296 g/mol. The van der Waals surface area contributed by atoms with Crippen LogP contribution in [0.1, 0.15) is 17.0 Å². The maximum absolute atomic E-state index is 4.61. The molecule has 0 saturated heterocycles. The summed E-state index contributed by atoms with van der Waals surface area (Å²) in [6.45, 7) is 3.81. The lowest BCUT2D eigenvalue weighted by molar-refractivity contribution is 0.757. The Hall–Kier alpha value is -0.780. The van der Waals surface area contributed by atoms with Gasteiger partial charge in [0.2, 0.25) is 0 Å². The summed E-state index contributed by atoms with van der Waals surface area (Å²) < 4.78 is 1.09. The molecule has 3 nitrogen and oxygen atoms in total. The number of rotatable bonds is 1. The number of halogens is 1. The van der Waals surface area contributed by atoms with Gasteiger partial charge < -0.3 is 5.32 Å². The largest absolute Gasteiger partial charge is 0.307 e. The predicted molar refractivity (Wildman–Crippen MR) is 68.3 cm³/mol. The van der Waals surface area contributed by atoms with E-state index in [9.17, 15) is 0 Å². The summed E-state index contributed by atoms with van der Waals surface area (Å²) in [5.74, 6) is 0.843. The maximum atomic E-state index is 4.61. The molecule has 2 aromatic rings. The third kappa shape index (κ3) is 1.69. The Morgan fingerprint density at radius 1 is 1.38 bits per heavy atom. The lowest BCUT2D eigenvalue weighted by Crippen LogP contribution is -2.00. The molecule has 0 bridgehead atoms. The monoisotopic (exact) mass is 295 g/mol. The van der Waals surface area contributed by atoms with Gasteiger partial charge >= 0.3 is 0 Å². The van der Waals surface area contributed by atoms with Gasteiger partial charge in [-0.25, -0.2) is 9.97 Å². The first-order valence-corrected chi connectivity index (χ1v) is 6.73. The van der Waals surface area contributed by atoms with Gasteiger partial charge in [-0.15, -0.1) is 11.3 Å². The van der Waals surface area contributed by atoms with Crippen molar-refractivity contribution in [1.82, 2.24) is 15.3 Å². The van der Waals surface area contributed by atoms with Crippen LogP contribution in [0.2, 0.25) is 0 Å². The van der Waals surface area contributed by atoms with E-state index < -0.39 is 0 Å². The zero-order valence-electron chi connectivity index (χ0n) is 8.75. The van der Waals surface area contributed by atoms with Crippen LogP contribution in [-0.4, -0.2) is 9.97 Å². The van der Waals surface area contributed by atoms with E-state index in [2.05, 4.69) is 49.6 Å². The second-order valence-electron chi connectivity index (χ2n) is 3.79. The fourth-order valence-electron chi connectivity index (χ4n) is 1.88. The zero-order valence-corrected chi connectivity index (χ0v) is 11.2. The molecule has 0 aromatic carbocycles. The molecule has 0 aliphatic carbocycles. The highest BCUT2D eigenvalue weighted by atomic mass is 79.9. The number of thiophene rings is 1. The molecule has 2 aromatic heterocycles. The van der Waals surface area contributed by atoms with E-state index in [4.69, 9.17) is 0 Å². The van der Waals surface area contributed by atoms with Gasteiger partial charge in [-0.3, -0.25) is 0 Å². The van der Waals surface area contributed by atoms with Crippen molar-refractivity contribution in [1.29, 1.82) is 0 Å². The van der Waals surface area contributed by atoms with Crippen molar-refractivity contribution < 1.29 is 0 Å². The fourth-order valence-corrected chi connectivity index (χ4v) is 3.24. The summed E-state index contributed by atoms with van der Waals surface area (Å²) in [5, 5.41) is 5.36. The lowest BCUT2D eigenvalue weighted by Gasteiger charge is -2.04. The summed E-state index contributed by atoms with van der Waals surface area (Å²) in [6, 6.07) is 2.06. The van der Waals surface area contributed by atoms with Gasteiger partial charge in [-0.05, 0) is 28.9 Å². The van der Waals surface area contributed by atoms with Crippen LogP contribution in [0.25, 0.3) is 10.7 Å². The summed E-state index contributed by atoms with van der Waals surface area (Å²) >= 11 is 5.12.